The molecular formula is C13H9BrCl2FN. The molecule has 2 aromatic carbocycles. The molecule has 2 rings (SSSR count). The van der Waals surface area contributed by atoms with Crippen LogP contribution < -0.4 is 5.32 Å². The van der Waals surface area contributed by atoms with Crippen LogP contribution in [0.3, 0.4) is 0 Å². The highest BCUT2D eigenvalue weighted by atomic mass is 79.9. The molecule has 0 bridgehead atoms. The van der Waals surface area contributed by atoms with Gasteiger partial charge in [-0.1, -0.05) is 35.3 Å². The largest absolute Gasteiger partial charge is 0.380 e. The van der Waals surface area contributed by atoms with Crippen molar-refractivity contribution < 1.29 is 4.39 Å². The molecule has 0 radical (unpaired) electrons. The third kappa shape index (κ3) is 3.16. The van der Waals surface area contributed by atoms with Gasteiger partial charge in [0.25, 0.3) is 0 Å². The molecule has 0 heterocycles. The monoisotopic (exact) mass is 347 g/mol. The van der Waals surface area contributed by atoms with Gasteiger partial charge in [-0.25, -0.2) is 4.39 Å². The van der Waals surface area contributed by atoms with Gasteiger partial charge >= 0.3 is 0 Å². The van der Waals surface area contributed by atoms with Gasteiger partial charge in [0.2, 0.25) is 0 Å². The molecular weight excluding hydrogens is 340 g/mol. The number of hydrogen-bond donors (Lipinski definition) is 1. The number of benzene rings is 2. The van der Waals surface area contributed by atoms with Gasteiger partial charge in [-0.15, -0.1) is 0 Å². The molecule has 5 heteroatoms. The lowest BCUT2D eigenvalue weighted by atomic mass is 10.2. The van der Waals surface area contributed by atoms with Crippen molar-refractivity contribution in [2.24, 2.45) is 0 Å². The summed E-state index contributed by atoms with van der Waals surface area (Å²) in [5, 5.41) is 3.89. The average Bonchev–Trinajstić information content (AvgIpc) is 2.33. The smallest absolute Gasteiger partial charge is 0.146 e. The number of nitrogens with one attached hydrogen (secondary N) is 1. The van der Waals surface area contributed by atoms with E-state index in [9.17, 15) is 4.39 Å². The Morgan fingerprint density at radius 2 is 1.94 bits per heavy atom. The molecule has 0 aliphatic rings. The van der Waals surface area contributed by atoms with Gasteiger partial charge in [0, 0.05) is 27.3 Å². The zero-order chi connectivity index (χ0) is 13.1. The van der Waals surface area contributed by atoms with Crippen molar-refractivity contribution in [1.82, 2.24) is 0 Å². The number of halogens is 4. The van der Waals surface area contributed by atoms with Crippen molar-refractivity contribution in [3.05, 3.63) is 62.3 Å². The van der Waals surface area contributed by atoms with E-state index in [0.29, 0.717) is 17.1 Å². The molecule has 1 N–H and O–H groups in total. The van der Waals surface area contributed by atoms with Crippen molar-refractivity contribution in [3.8, 4) is 0 Å². The summed E-state index contributed by atoms with van der Waals surface area (Å²) in [5.74, 6) is -0.392. The zero-order valence-electron chi connectivity index (χ0n) is 9.18. The molecule has 0 spiro atoms. The lowest BCUT2D eigenvalue weighted by Crippen LogP contribution is -2.02. The van der Waals surface area contributed by atoms with Gasteiger partial charge in [-0.05, 0) is 40.2 Å². The Labute approximate surface area is 123 Å². The van der Waals surface area contributed by atoms with Gasteiger partial charge in [-0.3, -0.25) is 0 Å². The zero-order valence-corrected chi connectivity index (χ0v) is 12.3. The summed E-state index contributed by atoms with van der Waals surface area (Å²) in [5.41, 5.74) is 1.36. The van der Waals surface area contributed by atoms with E-state index in [1.165, 1.54) is 6.07 Å². The summed E-state index contributed by atoms with van der Waals surface area (Å²) in [6.45, 7) is 0.354. The van der Waals surface area contributed by atoms with E-state index in [1.54, 1.807) is 24.3 Å². The maximum absolute atomic E-state index is 13.7. The van der Waals surface area contributed by atoms with Crippen molar-refractivity contribution in [3.63, 3.8) is 0 Å². The van der Waals surface area contributed by atoms with Gasteiger partial charge in [0.1, 0.15) is 5.82 Å². The Bertz CT molecular complexity index is 575. The lowest BCUT2D eigenvalue weighted by molar-refractivity contribution is 0.613. The summed E-state index contributed by atoms with van der Waals surface area (Å²) >= 11 is 14.9. The first kappa shape index (κ1) is 13.7. The second kappa shape index (κ2) is 5.91. The Balaban J connectivity index is 2.14. The summed E-state index contributed by atoms with van der Waals surface area (Å²) in [7, 11) is 0. The highest BCUT2D eigenvalue weighted by Gasteiger charge is 2.06. The molecule has 0 saturated carbocycles. The molecule has 1 nitrogen and oxygen atoms in total. The van der Waals surface area contributed by atoms with Crippen LogP contribution >= 0.6 is 39.1 Å². The van der Waals surface area contributed by atoms with Crippen LogP contribution in [0.25, 0.3) is 0 Å². The SMILES string of the molecule is Fc1c(Cl)cccc1CNc1ccc(Cl)cc1Br. The van der Waals surface area contributed by atoms with Crippen LogP contribution in [0.5, 0.6) is 0 Å². The quantitative estimate of drug-likeness (QED) is 0.771. The molecule has 94 valence electrons. The molecule has 2 aromatic rings. The van der Waals surface area contributed by atoms with Crippen LogP contribution in [0, 0.1) is 5.82 Å². The van der Waals surface area contributed by atoms with Gasteiger partial charge in [0.05, 0.1) is 5.02 Å². The van der Waals surface area contributed by atoms with Crippen molar-refractivity contribution >= 4 is 44.8 Å². The number of rotatable bonds is 3. The first-order valence-electron chi connectivity index (χ1n) is 5.20. The Morgan fingerprint density at radius 1 is 1.17 bits per heavy atom. The Kier molecular flexibility index (Phi) is 4.49. The minimum absolute atomic E-state index is 0.129. The molecule has 0 aromatic heterocycles. The topological polar surface area (TPSA) is 12.0 Å². The Morgan fingerprint density at radius 3 is 2.67 bits per heavy atom. The van der Waals surface area contributed by atoms with Crippen LogP contribution in [-0.4, -0.2) is 0 Å². The second-order valence-electron chi connectivity index (χ2n) is 3.69. The van der Waals surface area contributed by atoms with Crippen LogP contribution in [0.1, 0.15) is 5.56 Å². The summed E-state index contributed by atoms with van der Waals surface area (Å²) < 4.78 is 14.5. The van der Waals surface area contributed by atoms with Crippen LogP contribution in [-0.2, 0) is 6.54 Å². The molecule has 0 fully saturated rings. The lowest BCUT2D eigenvalue weighted by Gasteiger charge is -2.10. The molecule has 0 saturated heterocycles. The molecule has 0 unspecified atom stereocenters. The number of anilines is 1. The van der Waals surface area contributed by atoms with E-state index < -0.39 is 5.82 Å². The Hall–Kier alpha value is -0.770. The fourth-order valence-corrected chi connectivity index (χ4v) is 2.53. The predicted octanol–water partition coefficient (Wildman–Crippen LogP) is 5.51. The third-order valence-corrected chi connectivity index (χ3v) is 3.62. The normalized spacial score (nSPS) is 10.4. The fraction of sp³-hybridized carbons (Fsp3) is 0.0769. The minimum Gasteiger partial charge on any atom is -0.380 e. The van der Waals surface area contributed by atoms with E-state index in [4.69, 9.17) is 23.2 Å². The second-order valence-corrected chi connectivity index (χ2v) is 5.39. The third-order valence-electron chi connectivity index (χ3n) is 2.43. The van der Waals surface area contributed by atoms with E-state index >= 15 is 0 Å². The molecule has 18 heavy (non-hydrogen) atoms. The minimum atomic E-state index is -0.392. The maximum atomic E-state index is 13.7. The predicted molar refractivity (Wildman–Crippen MR) is 77.9 cm³/mol. The standard InChI is InChI=1S/C13H9BrCl2FN/c14-10-6-9(15)4-5-12(10)18-7-8-2-1-3-11(16)13(8)17/h1-6,18H,7H2. The van der Waals surface area contributed by atoms with Crippen LogP contribution in [0.2, 0.25) is 10.0 Å². The van der Waals surface area contributed by atoms with Crippen molar-refractivity contribution in [2.45, 2.75) is 6.54 Å². The summed E-state index contributed by atoms with van der Waals surface area (Å²) in [4.78, 5) is 0. The highest BCUT2D eigenvalue weighted by molar-refractivity contribution is 9.10. The van der Waals surface area contributed by atoms with Gasteiger partial charge in [0.15, 0.2) is 0 Å². The summed E-state index contributed by atoms with van der Waals surface area (Å²) in [6.07, 6.45) is 0. The fourth-order valence-electron chi connectivity index (χ4n) is 1.51. The van der Waals surface area contributed by atoms with Gasteiger partial charge < -0.3 is 5.32 Å². The van der Waals surface area contributed by atoms with Crippen molar-refractivity contribution in [2.75, 3.05) is 5.32 Å². The van der Waals surface area contributed by atoms with E-state index in [1.807, 2.05) is 6.07 Å². The molecule has 0 atom stereocenters. The van der Waals surface area contributed by atoms with Gasteiger partial charge in [-0.2, -0.15) is 0 Å². The highest BCUT2D eigenvalue weighted by Crippen LogP contribution is 2.27. The average molecular weight is 349 g/mol. The molecule has 0 amide bonds. The van der Waals surface area contributed by atoms with E-state index in [0.717, 1.165) is 10.2 Å². The van der Waals surface area contributed by atoms with Crippen molar-refractivity contribution in [1.29, 1.82) is 0 Å². The molecule has 0 aliphatic carbocycles. The van der Waals surface area contributed by atoms with E-state index in [-0.39, 0.29) is 5.02 Å². The first-order chi connectivity index (χ1) is 8.58. The summed E-state index contributed by atoms with van der Waals surface area (Å²) in [6, 6.07) is 10.3. The van der Waals surface area contributed by atoms with Crippen LogP contribution in [0.4, 0.5) is 10.1 Å². The molecule has 0 aliphatic heterocycles. The first-order valence-corrected chi connectivity index (χ1v) is 6.74. The number of hydrogen-bond acceptors (Lipinski definition) is 1. The maximum Gasteiger partial charge on any atom is 0.146 e. The van der Waals surface area contributed by atoms with E-state index in [2.05, 4.69) is 21.2 Å². The van der Waals surface area contributed by atoms with Crippen LogP contribution in [0.15, 0.2) is 40.9 Å².